The number of nitrogens with zero attached hydrogens (tertiary/aromatic N) is 3. The number of urea groups is 1. The van der Waals surface area contributed by atoms with Crippen LogP contribution in [-0.4, -0.2) is 64.3 Å². The molecule has 186 valence electrons. The molecule has 2 aliphatic heterocycles. The molecule has 0 bridgehead atoms. The third-order valence-electron chi connectivity index (χ3n) is 7.22. The number of piperidine rings is 1. The first-order valence-corrected chi connectivity index (χ1v) is 12.3. The van der Waals surface area contributed by atoms with Gasteiger partial charge in [0.15, 0.2) is 0 Å². The lowest BCUT2D eigenvalue weighted by Crippen LogP contribution is -2.56. The number of imide groups is 1. The van der Waals surface area contributed by atoms with Crippen molar-refractivity contribution in [2.75, 3.05) is 26.2 Å². The summed E-state index contributed by atoms with van der Waals surface area (Å²) in [4.78, 5) is 43.4. The molecular weight excluding hydrogens is 456 g/mol. The maximum absolute atomic E-state index is 13.5. The van der Waals surface area contributed by atoms with Crippen LogP contribution in [0.3, 0.4) is 0 Å². The summed E-state index contributed by atoms with van der Waals surface area (Å²) in [6.45, 7) is 2.09. The highest BCUT2D eigenvalue weighted by Crippen LogP contribution is 2.38. The molecular formula is C28H30N4O4. The van der Waals surface area contributed by atoms with Gasteiger partial charge in [0.05, 0.1) is 6.26 Å². The first-order chi connectivity index (χ1) is 17.5. The highest BCUT2D eigenvalue weighted by molar-refractivity contribution is 6.09. The average Bonchev–Trinajstić information content (AvgIpc) is 3.49. The van der Waals surface area contributed by atoms with Gasteiger partial charge in [0.1, 0.15) is 17.8 Å². The van der Waals surface area contributed by atoms with Gasteiger partial charge in [-0.1, -0.05) is 48.5 Å². The maximum atomic E-state index is 13.5. The smallest absolute Gasteiger partial charge is 0.328 e. The van der Waals surface area contributed by atoms with Gasteiger partial charge in [0.25, 0.3) is 5.91 Å². The van der Waals surface area contributed by atoms with Crippen molar-refractivity contribution >= 4 is 17.8 Å². The Kier molecular flexibility index (Phi) is 6.61. The largest absolute Gasteiger partial charge is 0.464 e. The second kappa shape index (κ2) is 9.99. The topological polar surface area (TPSA) is 100 Å². The molecule has 3 aromatic rings. The summed E-state index contributed by atoms with van der Waals surface area (Å²) >= 11 is 0. The second-order valence-corrected chi connectivity index (χ2v) is 9.51. The predicted octanol–water partition coefficient (Wildman–Crippen LogP) is 3.27. The Balaban J connectivity index is 1.31. The molecule has 5 rings (SSSR count). The first-order valence-electron chi connectivity index (χ1n) is 12.3. The summed E-state index contributed by atoms with van der Waals surface area (Å²) in [6, 6.07) is 21.5. The average molecular weight is 487 g/mol. The lowest BCUT2D eigenvalue weighted by molar-refractivity contribution is -0.137. The van der Waals surface area contributed by atoms with E-state index in [0.29, 0.717) is 38.9 Å². The predicted molar refractivity (Wildman–Crippen MR) is 135 cm³/mol. The molecule has 0 atom stereocenters. The minimum absolute atomic E-state index is 0.307. The van der Waals surface area contributed by atoms with Gasteiger partial charge in [0.2, 0.25) is 5.91 Å². The number of nitrogens with two attached hydrogens (primary N) is 1. The zero-order chi connectivity index (χ0) is 25.1. The molecule has 0 saturated carbocycles. The molecule has 1 aromatic heterocycles. The van der Waals surface area contributed by atoms with Crippen LogP contribution in [0, 0.1) is 0 Å². The molecule has 8 heteroatoms. The van der Waals surface area contributed by atoms with Crippen LogP contribution in [0.2, 0.25) is 0 Å². The number of benzene rings is 2. The van der Waals surface area contributed by atoms with E-state index in [1.165, 1.54) is 0 Å². The van der Waals surface area contributed by atoms with E-state index in [9.17, 15) is 14.4 Å². The molecule has 2 aliphatic rings. The van der Waals surface area contributed by atoms with Crippen LogP contribution in [0.1, 0.15) is 24.0 Å². The quantitative estimate of drug-likeness (QED) is 0.493. The molecule has 2 fully saturated rings. The zero-order valence-electron chi connectivity index (χ0n) is 20.1. The third-order valence-corrected chi connectivity index (χ3v) is 7.22. The Morgan fingerprint density at radius 1 is 0.944 bits per heavy atom. The van der Waals surface area contributed by atoms with Crippen LogP contribution < -0.4 is 5.73 Å². The molecule has 3 heterocycles. The number of carbonyl (C=O) groups excluding carboxylic acids is 3. The van der Waals surface area contributed by atoms with Gasteiger partial charge in [-0.15, -0.1) is 0 Å². The van der Waals surface area contributed by atoms with Crippen LogP contribution in [0.25, 0.3) is 11.3 Å². The van der Waals surface area contributed by atoms with Crippen molar-refractivity contribution in [2.45, 2.75) is 31.3 Å². The highest BCUT2D eigenvalue weighted by Gasteiger charge is 2.57. The standard InChI is InChI=1S/C28H30N4O4/c29-25(33)20-31-26(34)28(32(27(31)35)14-11-21-6-2-1-3-7-21)12-15-30(16-13-28)19-22-8-4-9-23(18-22)24-10-5-17-36-24/h1-10,17-18H,11-16,19-20H2,(H2,29,33). The van der Waals surface area contributed by atoms with Crippen LogP contribution in [-0.2, 0) is 22.6 Å². The lowest BCUT2D eigenvalue weighted by atomic mass is 9.85. The fraction of sp³-hybridized carbons (Fsp3) is 0.321. The minimum atomic E-state index is -0.937. The number of furan rings is 1. The summed E-state index contributed by atoms with van der Waals surface area (Å²) in [5.74, 6) is -0.169. The van der Waals surface area contributed by atoms with E-state index >= 15 is 0 Å². The number of likely N-dealkylation sites (tertiary alicyclic amines) is 1. The number of amides is 4. The van der Waals surface area contributed by atoms with Crippen molar-refractivity contribution < 1.29 is 18.8 Å². The molecule has 2 aromatic carbocycles. The van der Waals surface area contributed by atoms with E-state index in [1.54, 1.807) is 11.2 Å². The van der Waals surface area contributed by atoms with Gasteiger partial charge in [-0.25, -0.2) is 4.79 Å². The third kappa shape index (κ3) is 4.64. The van der Waals surface area contributed by atoms with Gasteiger partial charge < -0.3 is 15.1 Å². The first kappa shape index (κ1) is 23.8. The lowest BCUT2D eigenvalue weighted by Gasteiger charge is -2.42. The maximum Gasteiger partial charge on any atom is 0.328 e. The normalized spacial score (nSPS) is 17.8. The molecule has 2 saturated heterocycles. The summed E-state index contributed by atoms with van der Waals surface area (Å²) in [5, 5.41) is 0. The fourth-order valence-corrected chi connectivity index (χ4v) is 5.36. The second-order valence-electron chi connectivity index (χ2n) is 9.51. The van der Waals surface area contributed by atoms with E-state index in [-0.39, 0.29) is 12.5 Å². The van der Waals surface area contributed by atoms with Crippen molar-refractivity contribution in [3.05, 3.63) is 84.1 Å². The summed E-state index contributed by atoms with van der Waals surface area (Å²) in [7, 11) is 0. The van der Waals surface area contributed by atoms with E-state index in [0.717, 1.165) is 33.9 Å². The molecule has 1 spiro atoms. The SMILES string of the molecule is NC(=O)CN1C(=O)N(CCc2ccccc2)C2(CCN(Cc3cccc(-c4ccco4)c3)CC2)C1=O. The molecule has 36 heavy (non-hydrogen) atoms. The number of hydrogen-bond donors (Lipinski definition) is 1. The Labute approximate surface area is 210 Å². The van der Waals surface area contributed by atoms with Crippen molar-refractivity contribution in [1.82, 2.24) is 14.7 Å². The van der Waals surface area contributed by atoms with Gasteiger partial charge in [-0.2, -0.15) is 0 Å². The molecule has 2 N–H and O–H groups in total. The van der Waals surface area contributed by atoms with Gasteiger partial charge >= 0.3 is 6.03 Å². The summed E-state index contributed by atoms with van der Waals surface area (Å²) in [6.07, 6.45) is 3.32. The van der Waals surface area contributed by atoms with Crippen LogP contribution in [0.5, 0.6) is 0 Å². The van der Waals surface area contributed by atoms with Crippen LogP contribution >= 0.6 is 0 Å². The van der Waals surface area contributed by atoms with Crippen molar-refractivity contribution in [3.63, 3.8) is 0 Å². The molecule has 0 aliphatic carbocycles. The van der Waals surface area contributed by atoms with Crippen molar-refractivity contribution in [2.24, 2.45) is 5.73 Å². The number of hydrogen-bond acceptors (Lipinski definition) is 5. The van der Waals surface area contributed by atoms with E-state index < -0.39 is 17.5 Å². The Morgan fingerprint density at radius 2 is 1.69 bits per heavy atom. The van der Waals surface area contributed by atoms with E-state index in [2.05, 4.69) is 17.0 Å². The zero-order valence-corrected chi connectivity index (χ0v) is 20.1. The molecule has 4 amide bonds. The highest BCUT2D eigenvalue weighted by atomic mass is 16.3. The minimum Gasteiger partial charge on any atom is -0.464 e. The monoisotopic (exact) mass is 486 g/mol. The Morgan fingerprint density at radius 3 is 2.39 bits per heavy atom. The van der Waals surface area contributed by atoms with Crippen molar-refractivity contribution in [3.8, 4) is 11.3 Å². The van der Waals surface area contributed by atoms with Gasteiger partial charge in [0, 0.05) is 31.7 Å². The van der Waals surface area contributed by atoms with Crippen LogP contribution in [0.15, 0.2) is 77.4 Å². The van der Waals surface area contributed by atoms with Gasteiger partial charge in [-0.3, -0.25) is 19.4 Å². The summed E-state index contributed by atoms with van der Waals surface area (Å²) < 4.78 is 5.53. The molecule has 8 nitrogen and oxygen atoms in total. The van der Waals surface area contributed by atoms with Crippen LogP contribution in [0.4, 0.5) is 4.79 Å². The summed E-state index contributed by atoms with van der Waals surface area (Å²) in [5.41, 5.74) is 7.70. The van der Waals surface area contributed by atoms with Crippen molar-refractivity contribution in [1.29, 1.82) is 0 Å². The molecule has 0 unspecified atom stereocenters. The fourth-order valence-electron chi connectivity index (χ4n) is 5.36. The number of rotatable bonds is 8. The van der Waals surface area contributed by atoms with Gasteiger partial charge in [-0.05, 0) is 48.6 Å². The Hall–Kier alpha value is -3.91. The number of primary amides is 1. The van der Waals surface area contributed by atoms with E-state index in [1.807, 2.05) is 54.6 Å². The Bertz CT molecular complexity index is 1230. The number of carbonyl (C=O) groups is 3. The molecule has 0 radical (unpaired) electrons. The van der Waals surface area contributed by atoms with E-state index in [4.69, 9.17) is 10.2 Å².